The number of unbranched alkanes of at least 4 members (excludes halogenated alkanes) is 1. The van der Waals surface area contributed by atoms with Gasteiger partial charge < -0.3 is 4.90 Å². The summed E-state index contributed by atoms with van der Waals surface area (Å²) in [6, 6.07) is 0. The zero-order valence-electron chi connectivity index (χ0n) is 8.56. The van der Waals surface area contributed by atoms with Gasteiger partial charge in [0.25, 0.3) is 0 Å². The third kappa shape index (κ3) is 2.35. The molecule has 0 aromatic carbocycles. The minimum absolute atomic E-state index is 0.114. The van der Waals surface area contributed by atoms with Crippen molar-refractivity contribution in [3.8, 4) is 0 Å². The fourth-order valence-electron chi connectivity index (χ4n) is 1.29. The number of nitrogens with zero attached hydrogens (tertiary/aromatic N) is 2. The molecule has 0 aromatic heterocycles. The highest BCUT2D eigenvalue weighted by atomic mass is 19.4. The van der Waals surface area contributed by atoms with Gasteiger partial charge in [0.05, 0.1) is 0 Å². The van der Waals surface area contributed by atoms with Crippen LogP contribution in [0.2, 0.25) is 0 Å². The van der Waals surface area contributed by atoms with E-state index in [4.69, 9.17) is 0 Å². The van der Waals surface area contributed by atoms with Crippen LogP contribution in [-0.4, -0.2) is 36.0 Å². The summed E-state index contributed by atoms with van der Waals surface area (Å²) in [7, 11) is 0. The zero-order chi connectivity index (χ0) is 12.4. The van der Waals surface area contributed by atoms with Crippen molar-refractivity contribution in [3.63, 3.8) is 0 Å². The first-order valence-corrected chi connectivity index (χ1v) is 4.79. The van der Waals surface area contributed by atoms with Crippen LogP contribution in [0.15, 0.2) is 5.10 Å². The maximum Gasteiger partial charge on any atom is 0.457 e. The summed E-state index contributed by atoms with van der Waals surface area (Å²) in [6.07, 6.45) is -5.52. The summed E-state index contributed by atoms with van der Waals surface area (Å²) in [5, 5.41) is 3.25. The lowest BCUT2D eigenvalue weighted by Crippen LogP contribution is -2.58. The van der Waals surface area contributed by atoms with Crippen molar-refractivity contribution < 1.29 is 22.0 Å². The molecule has 3 nitrogen and oxygen atoms in total. The van der Waals surface area contributed by atoms with E-state index in [0.29, 0.717) is 12.8 Å². The van der Waals surface area contributed by atoms with Crippen molar-refractivity contribution in [2.45, 2.75) is 38.0 Å². The molecule has 1 N–H and O–H groups in total. The van der Waals surface area contributed by atoms with Gasteiger partial charge in [-0.25, -0.2) is 0 Å². The Labute approximate surface area is 89.3 Å². The monoisotopic (exact) mass is 245 g/mol. The Morgan fingerprint density at radius 2 is 1.94 bits per heavy atom. The Bertz CT molecular complexity index is 263. The average molecular weight is 245 g/mol. The summed E-state index contributed by atoms with van der Waals surface area (Å²) < 4.78 is 62.3. The standard InChI is InChI=1S/C8H12F5N3/c1-2-3-4-16-5-14-15-6(16)7(9,10)8(11,12)13/h5-6,15H,2-4H2,1H3. The van der Waals surface area contributed by atoms with Crippen LogP contribution in [0.3, 0.4) is 0 Å². The minimum Gasteiger partial charge on any atom is -0.334 e. The van der Waals surface area contributed by atoms with E-state index >= 15 is 0 Å². The van der Waals surface area contributed by atoms with Crippen molar-refractivity contribution in [1.82, 2.24) is 10.3 Å². The van der Waals surface area contributed by atoms with Crippen molar-refractivity contribution in [3.05, 3.63) is 0 Å². The van der Waals surface area contributed by atoms with Crippen LogP contribution >= 0.6 is 0 Å². The molecular weight excluding hydrogens is 233 g/mol. The highest BCUT2D eigenvalue weighted by Gasteiger charge is 2.64. The second-order valence-corrected chi connectivity index (χ2v) is 3.49. The molecular formula is C8H12F5N3. The largest absolute Gasteiger partial charge is 0.457 e. The molecule has 1 heterocycles. The van der Waals surface area contributed by atoms with Crippen LogP contribution in [0.25, 0.3) is 0 Å². The number of rotatable bonds is 4. The molecule has 1 aliphatic heterocycles. The lowest BCUT2D eigenvalue weighted by molar-refractivity contribution is -0.301. The summed E-state index contributed by atoms with van der Waals surface area (Å²) in [5.74, 6) is -4.82. The van der Waals surface area contributed by atoms with Crippen molar-refractivity contribution in [2.75, 3.05) is 6.54 Å². The number of hydrogen-bond donors (Lipinski definition) is 1. The molecule has 1 unspecified atom stereocenters. The zero-order valence-corrected chi connectivity index (χ0v) is 8.56. The molecule has 0 radical (unpaired) electrons. The van der Waals surface area contributed by atoms with Gasteiger partial charge in [-0.1, -0.05) is 13.3 Å². The van der Waals surface area contributed by atoms with Crippen LogP contribution in [0, 0.1) is 0 Å². The van der Waals surface area contributed by atoms with Gasteiger partial charge in [-0.15, -0.1) is 0 Å². The molecule has 0 fully saturated rings. The van der Waals surface area contributed by atoms with Crippen LogP contribution < -0.4 is 5.43 Å². The van der Waals surface area contributed by atoms with Crippen LogP contribution in [0.4, 0.5) is 22.0 Å². The smallest absolute Gasteiger partial charge is 0.334 e. The molecule has 1 aliphatic rings. The lowest BCUT2D eigenvalue weighted by Gasteiger charge is -2.31. The molecule has 1 atom stereocenters. The maximum absolute atomic E-state index is 13.0. The topological polar surface area (TPSA) is 27.6 Å². The van der Waals surface area contributed by atoms with E-state index in [0.717, 1.165) is 11.2 Å². The Hall–Kier alpha value is -1.08. The van der Waals surface area contributed by atoms with Crippen molar-refractivity contribution in [2.24, 2.45) is 5.10 Å². The Morgan fingerprint density at radius 1 is 1.31 bits per heavy atom. The molecule has 0 spiro atoms. The molecule has 1 rings (SSSR count). The first kappa shape index (κ1) is 13.0. The highest BCUT2D eigenvalue weighted by molar-refractivity contribution is 5.57. The third-order valence-corrected chi connectivity index (χ3v) is 2.23. The van der Waals surface area contributed by atoms with E-state index in [1.54, 1.807) is 5.43 Å². The molecule has 16 heavy (non-hydrogen) atoms. The fourth-order valence-corrected chi connectivity index (χ4v) is 1.29. The minimum atomic E-state index is -5.58. The van der Waals surface area contributed by atoms with Crippen LogP contribution in [-0.2, 0) is 0 Å². The predicted octanol–water partition coefficient (Wildman–Crippen LogP) is 2.16. The molecule has 0 saturated carbocycles. The van der Waals surface area contributed by atoms with Gasteiger partial charge in [0, 0.05) is 6.54 Å². The molecule has 0 saturated heterocycles. The van der Waals surface area contributed by atoms with Gasteiger partial charge in [0.2, 0.25) is 0 Å². The fraction of sp³-hybridized carbons (Fsp3) is 0.875. The Kier molecular flexibility index (Phi) is 3.59. The molecule has 0 aromatic rings. The van der Waals surface area contributed by atoms with E-state index in [-0.39, 0.29) is 6.54 Å². The molecule has 94 valence electrons. The van der Waals surface area contributed by atoms with Gasteiger partial charge in [-0.05, 0) is 6.42 Å². The highest BCUT2D eigenvalue weighted by Crippen LogP contribution is 2.39. The van der Waals surface area contributed by atoms with Crippen LogP contribution in [0.1, 0.15) is 19.8 Å². The van der Waals surface area contributed by atoms with Gasteiger partial charge in [0.15, 0.2) is 6.17 Å². The first-order valence-electron chi connectivity index (χ1n) is 4.79. The molecule has 8 heteroatoms. The van der Waals surface area contributed by atoms with E-state index < -0.39 is 18.3 Å². The maximum atomic E-state index is 13.0. The van der Waals surface area contributed by atoms with Crippen molar-refractivity contribution >= 4 is 6.34 Å². The quantitative estimate of drug-likeness (QED) is 0.768. The SMILES string of the molecule is CCCCN1C=NNC1C(F)(F)C(F)(F)F. The van der Waals surface area contributed by atoms with Gasteiger partial charge >= 0.3 is 12.1 Å². The second kappa shape index (κ2) is 4.42. The normalized spacial score (nSPS) is 21.4. The Balaban J connectivity index is 2.72. The Morgan fingerprint density at radius 3 is 2.44 bits per heavy atom. The van der Waals surface area contributed by atoms with Crippen molar-refractivity contribution in [1.29, 1.82) is 0 Å². The third-order valence-electron chi connectivity index (χ3n) is 2.23. The molecule has 0 bridgehead atoms. The number of hydrogen-bond acceptors (Lipinski definition) is 3. The van der Waals surface area contributed by atoms with Gasteiger partial charge in [-0.2, -0.15) is 27.1 Å². The first-order chi connectivity index (χ1) is 7.30. The van der Waals surface area contributed by atoms with E-state index in [1.165, 1.54) is 0 Å². The molecule has 0 aliphatic carbocycles. The summed E-state index contributed by atoms with van der Waals surface area (Å²) in [4.78, 5) is 0.872. The second-order valence-electron chi connectivity index (χ2n) is 3.49. The molecule has 0 amide bonds. The summed E-state index contributed by atoms with van der Waals surface area (Å²) in [5.41, 5.74) is 1.79. The van der Waals surface area contributed by atoms with Crippen LogP contribution in [0.5, 0.6) is 0 Å². The van der Waals surface area contributed by atoms with E-state index in [2.05, 4.69) is 5.10 Å². The number of alkyl halides is 5. The summed E-state index contributed by atoms with van der Waals surface area (Å²) in [6.45, 7) is 1.93. The van der Waals surface area contributed by atoms with E-state index in [1.807, 2.05) is 6.92 Å². The number of halogens is 5. The number of nitrogens with one attached hydrogen (secondary N) is 1. The van der Waals surface area contributed by atoms with E-state index in [9.17, 15) is 22.0 Å². The predicted molar refractivity (Wildman–Crippen MR) is 48.0 cm³/mol. The lowest BCUT2D eigenvalue weighted by atomic mass is 10.2. The van der Waals surface area contributed by atoms with Gasteiger partial charge in [-0.3, -0.25) is 5.43 Å². The average Bonchev–Trinajstić information content (AvgIpc) is 2.61. The number of hydrazone groups is 1. The van der Waals surface area contributed by atoms with Gasteiger partial charge in [0.1, 0.15) is 6.34 Å². The summed E-state index contributed by atoms with van der Waals surface area (Å²) >= 11 is 0.